The van der Waals surface area contributed by atoms with Crippen LogP contribution in [0.4, 0.5) is 0 Å². The Morgan fingerprint density at radius 3 is 1.43 bits per heavy atom. The van der Waals surface area contributed by atoms with Crippen LogP contribution in [0.15, 0.2) is 10.3 Å². The SMILES string of the molecule is CON=C1CCC(N)CC1.NC1CCC(=NO)CC1.NC1CCC(=O)CC1.NC1CCC(O)C1.NC1CCCC(=O)C1. The van der Waals surface area contributed by atoms with Crippen molar-refractivity contribution in [1.29, 1.82) is 0 Å². The number of ketones is 2. The van der Waals surface area contributed by atoms with Crippen LogP contribution in [0.3, 0.4) is 0 Å². The summed E-state index contributed by atoms with van der Waals surface area (Å²) in [6.45, 7) is 0. The first kappa shape index (κ1) is 38.1. The third kappa shape index (κ3) is 19.3. The largest absolute Gasteiger partial charge is 0.411 e. The average Bonchev–Trinajstić information content (AvgIpc) is 3.35. The Morgan fingerprint density at radius 1 is 0.619 bits per heavy atom. The summed E-state index contributed by atoms with van der Waals surface area (Å²) in [6.07, 6.45) is 17.1. The van der Waals surface area contributed by atoms with Gasteiger partial charge in [-0.05, 0) is 96.3 Å². The van der Waals surface area contributed by atoms with E-state index in [1.54, 1.807) is 7.11 Å². The Bertz CT molecular complexity index is 788. The smallest absolute Gasteiger partial charge is 0.134 e. The summed E-state index contributed by atoms with van der Waals surface area (Å²) in [5.41, 5.74) is 29.9. The van der Waals surface area contributed by atoms with Crippen molar-refractivity contribution in [2.45, 2.75) is 158 Å². The normalized spacial score (nSPS) is 29.6. The second kappa shape index (κ2) is 22.6. The maximum absolute atomic E-state index is 10.6. The van der Waals surface area contributed by atoms with Crippen LogP contribution >= 0.6 is 0 Å². The third-order valence-corrected chi connectivity index (χ3v) is 8.13. The van der Waals surface area contributed by atoms with Crippen LogP contribution < -0.4 is 28.7 Å². The van der Waals surface area contributed by atoms with Gasteiger partial charge < -0.3 is 43.8 Å². The molecule has 0 aliphatic heterocycles. The Morgan fingerprint density at radius 2 is 1.12 bits per heavy atom. The maximum atomic E-state index is 10.6. The number of hydrogen-bond acceptors (Lipinski definition) is 12. The highest BCUT2D eigenvalue weighted by molar-refractivity contribution is 5.85. The Labute approximate surface area is 252 Å². The lowest BCUT2D eigenvalue weighted by molar-refractivity contribution is -0.121. The lowest BCUT2D eigenvalue weighted by Gasteiger charge is -2.17. The minimum absolute atomic E-state index is 0.102. The fourth-order valence-corrected chi connectivity index (χ4v) is 5.28. The first-order valence-electron chi connectivity index (χ1n) is 15.8. The molecule has 0 bridgehead atoms. The number of nitrogens with two attached hydrogens (primary N) is 5. The van der Waals surface area contributed by atoms with Gasteiger partial charge in [-0.25, -0.2) is 0 Å². The zero-order chi connectivity index (χ0) is 31.3. The van der Waals surface area contributed by atoms with Gasteiger partial charge in [-0.15, -0.1) is 0 Å². The first-order valence-corrected chi connectivity index (χ1v) is 15.8. The van der Waals surface area contributed by atoms with E-state index >= 15 is 0 Å². The predicted molar refractivity (Wildman–Crippen MR) is 167 cm³/mol. The molecule has 12 nitrogen and oxygen atoms in total. The zero-order valence-electron chi connectivity index (χ0n) is 25.8. The molecule has 5 rings (SSSR count). The van der Waals surface area contributed by atoms with Crippen LogP contribution in [0.5, 0.6) is 0 Å². The minimum atomic E-state index is -0.102. The fraction of sp³-hybridized carbons (Fsp3) is 0.867. The molecule has 5 aliphatic rings. The summed E-state index contributed by atoms with van der Waals surface area (Å²) in [5.74, 6) is 0.718. The first-order chi connectivity index (χ1) is 20.0. The quantitative estimate of drug-likeness (QED) is 0.172. The molecule has 12 N–H and O–H groups in total. The van der Waals surface area contributed by atoms with Crippen LogP contribution in [-0.4, -0.2) is 76.7 Å². The molecule has 0 amide bonds. The van der Waals surface area contributed by atoms with Gasteiger partial charge in [-0.1, -0.05) is 10.3 Å². The zero-order valence-corrected chi connectivity index (χ0v) is 25.8. The molecule has 0 radical (unpaired) electrons. The van der Waals surface area contributed by atoms with Crippen molar-refractivity contribution < 1.29 is 24.7 Å². The van der Waals surface area contributed by atoms with Crippen LogP contribution in [0, 0.1) is 0 Å². The molecule has 0 aromatic rings. The number of rotatable bonds is 1. The highest BCUT2D eigenvalue weighted by atomic mass is 16.6. The van der Waals surface area contributed by atoms with Crippen molar-refractivity contribution in [2.24, 2.45) is 39.0 Å². The highest BCUT2D eigenvalue weighted by Gasteiger charge is 2.18. The summed E-state index contributed by atoms with van der Waals surface area (Å²) < 4.78 is 0. The van der Waals surface area contributed by atoms with Gasteiger partial charge >= 0.3 is 0 Å². The van der Waals surface area contributed by atoms with Crippen LogP contribution in [0.1, 0.15) is 122 Å². The number of aliphatic hydroxyl groups excluding tert-OH is 1. The predicted octanol–water partition coefficient (Wildman–Crippen LogP) is 2.38. The second-order valence-electron chi connectivity index (χ2n) is 12.2. The van der Waals surface area contributed by atoms with E-state index in [2.05, 4.69) is 15.1 Å². The Balaban J connectivity index is 0.000000264. The standard InChI is InChI=1S/C7H14N2O.C6H12N2O.2C6H11NO.C5H11NO/c1-10-9-7-4-2-6(8)3-5-7;7-5-1-3-6(8-9)4-2-5;7-5-1-3-6(8)4-2-5;7-5-2-1-3-6(8)4-5;6-4-1-2-5(7)3-4/h6H,2-5,8H2,1H3;5,9H,1-4,7H2;2*5H,1-4,7H2;4-5,7H,1-3,6H2. The van der Waals surface area contributed by atoms with Crippen LogP contribution in [0.25, 0.3) is 0 Å². The van der Waals surface area contributed by atoms with Gasteiger partial charge in [0.25, 0.3) is 0 Å². The van der Waals surface area contributed by atoms with Crippen molar-refractivity contribution in [3.05, 3.63) is 0 Å². The molecular formula is C30H59N7O5. The van der Waals surface area contributed by atoms with Gasteiger partial charge in [0, 0.05) is 55.9 Å². The van der Waals surface area contributed by atoms with Crippen molar-refractivity contribution in [1.82, 2.24) is 0 Å². The van der Waals surface area contributed by atoms with Gasteiger partial charge in [0.1, 0.15) is 18.7 Å². The molecule has 12 heteroatoms. The molecule has 5 saturated carbocycles. The van der Waals surface area contributed by atoms with Gasteiger partial charge in [0.2, 0.25) is 0 Å². The summed E-state index contributed by atoms with van der Waals surface area (Å²) in [5, 5.41) is 24.2. The van der Waals surface area contributed by atoms with E-state index < -0.39 is 0 Å². The van der Waals surface area contributed by atoms with Gasteiger partial charge in [-0.2, -0.15) is 0 Å². The molecule has 42 heavy (non-hydrogen) atoms. The molecule has 0 aromatic heterocycles. The number of nitrogens with zero attached hydrogens (tertiary/aromatic N) is 2. The van der Waals surface area contributed by atoms with E-state index in [9.17, 15) is 9.59 Å². The lowest BCUT2D eigenvalue weighted by Crippen LogP contribution is -2.27. The van der Waals surface area contributed by atoms with Crippen LogP contribution in [-0.2, 0) is 14.4 Å². The number of Topliss-reactive ketones (excluding diaryl/α,β-unsaturated/α-hetero) is 2. The molecule has 5 aliphatic carbocycles. The molecule has 3 atom stereocenters. The summed E-state index contributed by atoms with van der Waals surface area (Å²) in [7, 11) is 1.58. The molecule has 0 spiro atoms. The Kier molecular flexibility index (Phi) is 20.4. The number of hydrogen-bond donors (Lipinski definition) is 7. The number of aliphatic hydroxyl groups is 1. The molecule has 5 fully saturated rings. The van der Waals surface area contributed by atoms with Crippen molar-refractivity contribution in [3.63, 3.8) is 0 Å². The molecule has 3 unspecified atom stereocenters. The summed E-state index contributed by atoms with van der Waals surface area (Å²) in [6, 6.07) is 1.45. The lowest BCUT2D eigenvalue weighted by atomic mass is 9.95. The van der Waals surface area contributed by atoms with Gasteiger partial charge in [0.05, 0.1) is 17.5 Å². The Hall–Kier alpha value is -1.96. The van der Waals surface area contributed by atoms with Crippen molar-refractivity contribution in [3.8, 4) is 0 Å². The fourth-order valence-electron chi connectivity index (χ4n) is 5.28. The monoisotopic (exact) mass is 597 g/mol. The van der Waals surface area contributed by atoms with E-state index in [0.717, 1.165) is 114 Å². The molecule has 0 aromatic carbocycles. The molecular weight excluding hydrogens is 538 g/mol. The highest BCUT2D eigenvalue weighted by Crippen LogP contribution is 2.16. The van der Waals surface area contributed by atoms with E-state index in [0.29, 0.717) is 49.0 Å². The third-order valence-electron chi connectivity index (χ3n) is 8.13. The topological polar surface area (TPSA) is 239 Å². The van der Waals surface area contributed by atoms with E-state index in [1.807, 2.05) is 0 Å². The number of oxime groups is 2. The summed E-state index contributed by atoms with van der Waals surface area (Å²) >= 11 is 0. The number of carbonyl (C=O) groups is 2. The van der Waals surface area contributed by atoms with E-state index in [-0.39, 0.29) is 18.2 Å². The maximum Gasteiger partial charge on any atom is 0.134 e. The van der Waals surface area contributed by atoms with Crippen LogP contribution in [0.2, 0.25) is 0 Å². The molecule has 0 saturated heterocycles. The van der Waals surface area contributed by atoms with Gasteiger partial charge in [-0.3, -0.25) is 9.59 Å². The number of carbonyl (C=O) groups excluding carboxylic acids is 2. The molecule has 244 valence electrons. The van der Waals surface area contributed by atoms with E-state index in [4.69, 9.17) is 39.0 Å². The van der Waals surface area contributed by atoms with E-state index in [1.165, 1.54) is 0 Å². The summed E-state index contributed by atoms with van der Waals surface area (Å²) in [4.78, 5) is 25.8. The van der Waals surface area contributed by atoms with Crippen molar-refractivity contribution in [2.75, 3.05) is 7.11 Å². The van der Waals surface area contributed by atoms with Crippen molar-refractivity contribution >= 4 is 23.0 Å². The molecule has 0 heterocycles. The minimum Gasteiger partial charge on any atom is -0.411 e. The van der Waals surface area contributed by atoms with Gasteiger partial charge in [0.15, 0.2) is 0 Å². The average molecular weight is 598 g/mol. The second-order valence-corrected chi connectivity index (χ2v) is 12.2.